The Labute approximate surface area is 670 Å². The zero-order valence-electron chi connectivity index (χ0n) is 65.0. The Balaban J connectivity index is 1.88. The lowest BCUT2D eigenvalue weighted by Crippen LogP contribution is -2.62. The van der Waals surface area contributed by atoms with Crippen LogP contribution < -0.4 is 86.3 Å². The topological polar surface area (TPSA) is 702 Å². The highest BCUT2D eigenvalue weighted by atomic mass is 16.5. The average molecular weight is 1650 g/mol. The van der Waals surface area contributed by atoms with Gasteiger partial charge in [0.05, 0.1) is 39.0 Å². The smallest absolute Gasteiger partial charge is 0.329 e. The summed E-state index contributed by atoms with van der Waals surface area (Å²) >= 11 is 0. The second kappa shape index (κ2) is 49.2. The van der Waals surface area contributed by atoms with Gasteiger partial charge in [0.15, 0.2) is 5.78 Å². The molecule has 0 unspecified atom stereocenters. The Morgan fingerprint density at radius 1 is 0.538 bits per heavy atom. The number of ketones is 1. The molecule has 43 nitrogen and oxygen atoms in total. The van der Waals surface area contributed by atoms with Crippen LogP contribution >= 0.6 is 0 Å². The van der Waals surface area contributed by atoms with Gasteiger partial charge in [-0.2, -0.15) is 0 Å². The van der Waals surface area contributed by atoms with Crippen LogP contribution in [0, 0.1) is 5.92 Å². The molecule has 43 heteroatoms. The SMILES string of the molecule is CCCCCCCCCC(=O)N[C@@H](Cc1c[nH]c2ccccc12)C(=O)N[C@@H](CC(N)=O)C(=O)N[C@@H](CC(=O)O)C(=O)N[C@@H]1C(=O)NCC(=O)N[C@@H](CCCN)C(=O)N[C@@H](CCC(=O)O)C(=O)N[C@H](C)C(=O)N[C@@H](CCC(=O)O)C(=O)NCC(=O)N[C@H](CO)C(=O)N[C@@H]([C@@H](C)CC(=O)O)C(=O)N[C@@H](CC(=O)c2ccccc2N)C(=O)O[C@@H]1C. The number of para-hydroxylation sites is 2. The van der Waals surface area contributed by atoms with Crippen LogP contribution in [0.25, 0.3) is 10.9 Å². The molecule has 1 aromatic heterocycles. The van der Waals surface area contributed by atoms with E-state index in [4.69, 9.17) is 21.9 Å². The summed E-state index contributed by atoms with van der Waals surface area (Å²) in [5.41, 5.74) is 18.2. The summed E-state index contributed by atoms with van der Waals surface area (Å²) in [5, 5.41) is 79.2. The Kier molecular flexibility index (Phi) is 40.6. The highest BCUT2D eigenvalue weighted by molar-refractivity contribution is 6.05. The van der Waals surface area contributed by atoms with Gasteiger partial charge in [-0.15, -0.1) is 0 Å². The van der Waals surface area contributed by atoms with Crippen molar-refractivity contribution in [3.05, 3.63) is 65.9 Å². The minimum Gasteiger partial charge on any atom is -0.481 e. The van der Waals surface area contributed by atoms with Crippen LogP contribution in [0.2, 0.25) is 0 Å². The molecule has 4 rings (SSSR count). The number of esters is 1. The van der Waals surface area contributed by atoms with E-state index in [0.29, 0.717) is 29.3 Å². The van der Waals surface area contributed by atoms with E-state index in [1.807, 2.05) is 0 Å². The third-order valence-corrected chi connectivity index (χ3v) is 18.4. The molecule has 642 valence electrons. The molecule has 25 N–H and O–H groups in total. The Bertz CT molecular complexity index is 4080. The van der Waals surface area contributed by atoms with Gasteiger partial charge < -0.3 is 122 Å². The molecule has 14 amide bonds. The number of carboxylic acid groups (broad SMARTS) is 4. The van der Waals surface area contributed by atoms with Gasteiger partial charge in [0, 0.05) is 60.5 Å². The molecule has 0 aliphatic carbocycles. The first kappa shape index (κ1) is 96.7. The van der Waals surface area contributed by atoms with E-state index in [0.717, 1.165) is 52.9 Å². The third kappa shape index (κ3) is 33.7. The van der Waals surface area contributed by atoms with Crippen molar-refractivity contribution in [3.8, 4) is 0 Å². The van der Waals surface area contributed by atoms with Gasteiger partial charge in [-0.3, -0.25) is 91.1 Å². The number of rotatable bonds is 37. The Hall–Kier alpha value is -12.7. The molecule has 1 aliphatic rings. The predicted molar refractivity (Wildman–Crippen MR) is 409 cm³/mol. The number of nitrogen functional groups attached to an aromatic ring is 1. The average Bonchev–Trinajstić information content (AvgIpc) is 1.76. The van der Waals surface area contributed by atoms with Crippen molar-refractivity contribution in [2.75, 3.05) is 32.0 Å². The summed E-state index contributed by atoms with van der Waals surface area (Å²) in [6.45, 7) is 1.33. The van der Waals surface area contributed by atoms with E-state index in [1.54, 1.807) is 30.5 Å². The number of hydrogen-bond acceptors (Lipinski definition) is 24. The number of nitrogens with two attached hydrogens (primary N) is 3. The lowest BCUT2D eigenvalue weighted by Gasteiger charge is -2.30. The number of carbonyl (C=O) groups is 20. The van der Waals surface area contributed by atoms with Crippen LogP contribution in [-0.4, -0.2) is 248 Å². The van der Waals surface area contributed by atoms with Gasteiger partial charge in [0.25, 0.3) is 0 Å². The maximum absolute atomic E-state index is 14.9. The van der Waals surface area contributed by atoms with Crippen LogP contribution in [0.1, 0.15) is 159 Å². The molecule has 0 spiro atoms. The number of aliphatic carboxylic acids is 4. The fraction of sp³-hybridized carbons (Fsp3) is 0.541. The molecule has 13 atom stereocenters. The first-order valence-corrected chi connectivity index (χ1v) is 37.8. The number of fused-ring (bicyclic) bond motifs is 1. The van der Waals surface area contributed by atoms with Crippen molar-refractivity contribution in [1.82, 2.24) is 74.1 Å². The van der Waals surface area contributed by atoms with Gasteiger partial charge in [0.2, 0.25) is 82.7 Å². The standard InChI is InChI=1S/C74H105N17O26/c1-5-6-7-8-9-10-11-22-55(95)83-48(29-40-33-78-44-20-15-13-17-41(40)44)68(110)87-49(31-54(77)94)69(111)88-50(32-61(104)105)70(112)91-63-39(4)117-74(116)51(30-53(93)42-18-12-14-19-43(42)76)89-73(115)62(37(2)28-60(102)103)90-71(113)52(36-92)84-57(97)34-79-65(107)46(23-25-58(98)99)85-64(106)38(3)81-66(108)47(24-26-59(100)101)86-67(109)45(21-16-27-75)82-56(96)35-80-72(63)114/h12-15,17-20,33,37-39,45-52,62-63,78,92H,5-11,16,21-32,34-36,75-76H2,1-4H3,(H2,77,94)(H,79,107)(H,80,114)(H,81,108)(H,82,96)(H,83,95)(H,84,97)(H,85,106)(H,86,109)(H,87,110)(H,88,111)(H,89,115)(H,90,113)(H,91,112)(H,98,99)(H,100,101)(H,102,103)(H,104,105)/t37-,38+,39+,45-,46-,47-,48-,49-,50-,51-,52+,62-,63-/m0/s1. The number of primary amides is 1. The maximum Gasteiger partial charge on any atom is 0.329 e. The quantitative estimate of drug-likeness (QED) is 0.0111. The van der Waals surface area contributed by atoms with Crippen molar-refractivity contribution >= 4 is 135 Å². The maximum atomic E-state index is 14.9. The summed E-state index contributed by atoms with van der Waals surface area (Å²) in [7, 11) is 0. The van der Waals surface area contributed by atoms with Gasteiger partial charge >= 0.3 is 29.8 Å². The fourth-order valence-corrected chi connectivity index (χ4v) is 12.0. The number of nitrogens with one attached hydrogen (secondary N) is 14. The number of amides is 14. The lowest BCUT2D eigenvalue weighted by atomic mass is 9.96. The van der Waals surface area contributed by atoms with E-state index in [-0.39, 0.29) is 43.5 Å². The number of benzene rings is 2. The third-order valence-electron chi connectivity index (χ3n) is 18.4. The first-order chi connectivity index (χ1) is 55.4. The summed E-state index contributed by atoms with van der Waals surface area (Å²) in [6.07, 6.45) is -2.78. The molecule has 3 aromatic rings. The highest BCUT2D eigenvalue weighted by Gasteiger charge is 2.41. The fourth-order valence-electron chi connectivity index (χ4n) is 12.0. The van der Waals surface area contributed by atoms with E-state index in [1.165, 1.54) is 24.3 Å². The second-order valence-electron chi connectivity index (χ2n) is 27.9. The van der Waals surface area contributed by atoms with Gasteiger partial charge in [-0.05, 0) is 82.2 Å². The number of carbonyl (C=O) groups excluding carboxylic acids is 16. The molecule has 0 saturated carbocycles. The van der Waals surface area contributed by atoms with E-state index in [2.05, 4.69) is 81.0 Å². The van der Waals surface area contributed by atoms with Crippen molar-refractivity contribution in [1.29, 1.82) is 0 Å². The van der Waals surface area contributed by atoms with Crippen LogP contribution in [-0.2, 0) is 102 Å². The lowest BCUT2D eigenvalue weighted by molar-refractivity contribution is -0.156. The van der Waals surface area contributed by atoms with E-state index in [9.17, 15) is 121 Å². The summed E-state index contributed by atoms with van der Waals surface area (Å²) in [6, 6.07) is -9.80. The van der Waals surface area contributed by atoms with Crippen LogP contribution in [0.5, 0.6) is 0 Å². The molecule has 2 heterocycles. The summed E-state index contributed by atoms with van der Waals surface area (Å²) < 4.78 is 5.70. The monoisotopic (exact) mass is 1650 g/mol. The highest BCUT2D eigenvalue weighted by Crippen LogP contribution is 2.22. The van der Waals surface area contributed by atoms with Crippen molar-refractivity contribution in [2.24, 2.45) is 17.4 Å². The normalized spacial score (nSPS) is 21.0. The van der Waals surface area contributed by atoms with Crippen molar-refractivity contribution < 1.29 is 126 Å². The van der Waals surface area contributed by atoms with Gasteiger partial charge in [0.1, 0.15) is 72.6 Å². The molecular formula is C74H105N17O26. The number of hydrogen-bond donors (Lipinski definition) is 22. The van der Waals surface area contributed by atoms with E-state index < -0.39 is 268 Å². The molecule has 1 saturated heterocycles. The number of aliphatic hydroxyl groups excluding tert-OH is 1. The van der Waals surface area contributed by atoms with Crippen molar-refractivity contribution in [2.45, 2.75) is 222 Å². The number of unbranched alkanes of at least 4 members (excludes halogenated alkanes) is 6. The number of carboxylic acids is 4. The van der Waals surface area contributed by atoms with Gasteiger partial charge in [-0.1, -0.05) is 82.7 Å². The molecule has 117 heavy (non-hydrogen) atoms. The van der Waals surface area contributed by atoms with Crippen LogP contribution in [0.3, 0.4) is 0 Å². The predicted octanol–water partition coefficient (Wildman–Crippen LogP) is -4.84. The Morgan fingerprint density at radius 3 is 1.67 bits per heavy atom. The number of aromatic amines is 1. The van der Waals surface area contributed by atoms with E-state index >= 15 is 0 Å². The van der Waals surface area contributed by atoms with Crippen molar-refractivity contribution in [3.63, 3.8) is 0 Å². The number of H-pyrrole nitrogens is 1. The number of anilines is 1. The number of ether oxygens (including phenoxy) is 1. The van der Waals surface area contributed by atoms with Crippen LogP contribution in [0.4, 0.5) is 5.69 Å². The number of cyclic esters (lactones) is 1. The second-order valence-corrected chi connectivity index (χ2v) is 27.9. The summed E-state index contributed by atoms with van der Waals surface area (Å²) in [5.74, 6) is -28.6. The zero-order valence-corrected chi connectivity index (χ0v) is 65.0. The number of aromatic nitrogens is 1. The summed E-state index contributed by atoms with van der Waals surface area (Å²) in [4.78, 5) is 277. The molecule has 0 bridgehead atoms. The first-order valence-electron chi connectivity index (χ1n) is 37.8. The Morgan fingerprint density at radius 2 is 1.07 bits per heavy atom. The minimum atomic E-state index is -2.44. The number of aliphatic hydroxyl groups is 1. The molecule has 1 fully saturated rings. The molecule has 1 aliphatic heterocycles. The van der Waals surface area contributed by atoms with Crippen LogP contribution in [0.15, 0.2) is 54.7 Å². The largest absolute Gasteiger partial charge is 0.481 e. The van der Waals surface area contributed by atoms with Gasteiger partial charge in [-0.25, -0.2) is 4.79 Å². The zero-order chi connectivity index (χ0) is 87.2. The molecular weight excluding hydrogens is 1540 g/mol. The number of Topliss-reactive ketones (excluding diaryl/α,β-unsaturated/α-hetero) is 1. The molecule has 0 radical (unpaired) electrons. The molecule has 2 aromatic carbocycles. The minimum absolute atomic E-state index is 0.0167.